The van der Waals surface area contributed by atoms with Crippen LogP contribution in [0.3, 0.4) is 0 Å². The van der Waals surface area contributed by atoms with Crippen molar-refractivity contribution >= 4 is 17.7 Å². The van der Waals surface area contributed by atoms with Crippen molar-refractivity contribution in [1.82, 2.24) is 5.32 Å². The van der Waals surface area contributed by atoms with Gasteiger partial charge in [-0.05, 0) is 12.8 Å². The van der Waals surface area contributed by atoms with Crippen LogP contribution in [0, 0.1) is 12.3 Å². The number of aliphatic carboxylic acids is 1. The monoisotopic (exact) mass is 243 g/mol. The molecular weight excluding hydrogens is 226 g/mol. The summed E-state index contributed by atoms with van der Waals surface area (Å²) in [6.07, 6.45) is 5.99. The van der Waals surface area contributed by atoms with Gasteiger partial charge in [-0.3, -0.25) is 0 Å². The average molecular weight is 243 g/mol. The highest BCUT2D eigenvalue weighted by molar-refractivity contribution is 7.99. The molecule has 1 aliphatic rings. The number of nitrogens with one attached hydrogen (secondary N) is 1. The first kappa shape index (κ1) is 13.4. The summed E-state index contributed by atoms with van der Waals surface area (Å²) in [6, 6.07) is 0. The second-order valence-corrected chi connectivity index (χ2v) is 4.73. The SMILES string of the molecule is C#CCSCCNCC1CCC(C(=O)O)O1. The van der Waals surface area contributed by atoms with Crippen molar-refractivity contribution in [1.29, 1.82) is 0 Å². The molecule has 0 saturated carbocycles. The number of hydrogen-bond acceptors (Lipinski definition) is 4. The first-order valence-electron chi connectivity index (χ1n) is 5.34. The third-order valence-electron chi connectivity index (χ3n) is 2.36. The van der Waals surface area contributed by atoms with Gasteiger partial charge < -0.3 is 15.2 Å². The van der Waals surface area contributed by atoms with Gasteiger partial charge in [0.25, 0.3) is 0 Å². The molecule has 90 valence electrons. The molecule has 0 radical (unpaired) electrons. The summed E-state index contributed by atoms with van der Waals surface area (Å²) in [5, 5.41) is 12.0. The maximum Gasteiger partial charge on any atom is 0.332 e. The molecule has 0 amide bonds. The Morgan fingerprint density at radius 2 is 2.44 bits per heavy atom. The number of carboxylic acids is 1. The van der Waals surface area contributed by atoms with Crippen LogP contribution in [0.15, 0.2) is 0 Å². The van der Waals surface area contributed by atoms with Gasteiger partial charge in [0.1, 0.15) is 0 Å². The lowest BCUT2D eigenvalue weighted by Crippen LogP contribution is -2.30. The molecule has 2 N–H and O–H groups in total. The first-order valence-corrected chi connectivity index (χ1v) is 6.49. The number of rotatable bonds is 7. The van der Waals surface area contributed by atoms with E-state index in [1.165, 1.54) is 0 Å². The molecule has 5 heteroatoms. The molecule has 0 aromatic carbocycles. The second kappa shape index (κ2) is 7.55. The number of ether oxygens (including phenoxy) is 1. The zero-order valence-corrected chi connectivity index (χ0v) is 9.96. The Balaban J connectivity index is 1.99. The molecule has 1 rings (SSSR count). The lowest BCUT2D eigenvalue weighted by molar-refractivity contribution is -0.149. The largest absolute Gasteiger partial charge is 0.479 e. The number of hydrogen-bond donors (Lipinski definition) is 2. The molecule has 2 atom stereocenters. The molecule has 1 saturated heterocycles. The summed E-state index contributed by atoms with van der Waals surface area (Å²) in [4.78, 5) is 10.6. The van der Waals surface area contributed by atoms with Gasteiger partial charge in [-0.25, -0.2) is 4.79 Å². The van der Waals surface area contributed by atoms with Gasteiger partial charge in [-0.15, -0.1) is 18.2 Å². The van der Waals surface area contributed by atoms with Crippen LogP contribution < -0.4 is 5.32 Å². The maximum absolute atomic E-state index is 10.6. The van der Waals surface area contributed by atoms with E-state index in [-0.39, 0.29) is 6.10 Å². The van der Waals surface area contributed by atoms with Crippen molar-refractivity contribution < 1.29 is 14.6 Å². The lowest BCUT2D eigenvalue weighted by Gasteiger charge is -2.11. The predicted molar refractivity (Wildman–Crippen MR) is 64.6 cm³/mol. The van der Waals surface area contributed by atoms with Crippen LogP contribution in [0.1, 0.15) is 12.8 Å². The number of carbonyl (C=O) groups is 1. The number of carboxylic acid groups (broad SMARTS) is 1. The summed E-state index contributed by atoms with van der Waals surface area (Å²) >= 11 is 1.71. The highest BCUT2D eigenvalue weighted by Crippen LogP contribution is 2.19. The quantitative estimate of drug-likeness (QED) is 0.506. The normalized spacial score (nSPS) is 24.2. The van der Waals surface area contributed by atoms with Crippen LogP contribution in [-0.4, -0.2) is 47.9 Å². The van der Waals surface area contributed by atoms with E-state index in [4.69, 9.17) is 16.3 Å². The molecular formula is C11H17NO3S. The Kier molecular flexibility index (Phi) is 6.31. The van der Waals surface area contributed by atoms with E-state index in [1.807, 2.05) is 0 Å². The van der Waals surface area contributed by atoms with Crippen LogP contribution in [0.25, 0.3) is 0 Å². The van der Waals surface area contributed by atoms with Crippen molar-refractivity contribution in [2.24, 2.45) is 0 Å². The molecule has 4 nitrogen and oxygen atoms in total. The molecule has 0 aliphatic carbocycles. The lowest BCUT2D eigenvalue weighted by atomic mass is 10.2. The van der Waals surface area contributed by atoms with E-state index in [0.29, 0.717) is 6.42 Å². The summed E-state index contributed by atoms with van der Waals surface area (Å²) in [7, 11) is 0. The zero-order chi connectivity index (χ0) is 11.8. The molecule has 0 spiro atoms. The third kappa shape index (κ3) is 4.88. The summed E-state index contributed by atoms with van der Waals surface area (Å²) < 4.78 is 5.35. The standard InChI is InChI=1S/C11H17NO3S/c1-2-6-16-7-5-12-8-9-3-4-10(15-9)11(13)14/h1,9-10,12H,3-8H2,(H,13,14). The molecule has 0 aromatic heterocycles. The molecule has 16 heavy (non-hydrogen) atoms. The van der Waals surface area contributed by atoms with Crippen molar-refractivity contribution in [3.05, 3.63) is 0 Å². The summed E-state index contributed by atoms with van der Waals surface area (Å²) in [6.45, 7) is 1.60. The van der Waals surface area contributed by atoms with Gasteiger partial charge in [0, 0.05) is 18.8 Å². The minimum atomic E-state index is -0.855. The Morgan fingerprint density at radius 1 is 1.62 bits per heavy atom. The van der Waals surface area contributed by atoms with Crippen LogP contribution >= 0.6 is 11.8 Å². The minimum absolute atomic E-state index is 0.0405. The maximum atomic E-state index is 10.6. The van der Waals surface area contributed by atoms with Crippen molar-refractivity contribution in [3.8, 4) is 12.3 Å². The van der Waals surface area contributed by atoms with E-state index in [0.717, 1.165) is 31.0 Å². The average Bonchev–Trinajstić information content (AvgIpc) is 2.72. The van der Waals surface area contributed by atoms with E-state index in [9.17, 15) is 4.79 Å². The molecule has 1 heterocycles. The topological polar surface area (TPSA) is 58.6 Å². The molecule has 1 aliphatic heterocycles. The summed E-state index contributed by atoms with van der Waals surface area (Å²) in [5.41, 5.74) is 0. The second-order valence-electron chi connectivity index (χ2n) is 3.62. The Morgan fingerprint density at radius 3 is 3.06 bits per heavy atom. The highest BCUT2D eigenvalue weighted by atomic mass is 32.2. The van der Waals surface area contributed by atoms with E-state index < -0.39 is 12.1 Å². The third-order valence-corrected chi connectivity index (χ3v) is 3.23. The fourth-order valence-electron chi connectivity index (χ4n) is 1.58. The fourth-order valence-corrected chi connectivity index (χ4v) is 2.13. The van der Waals surface area contributed by atoms with Gasteiger partial charge in [-0.1, -0.05) is 5.92 Å². The van der Waals surface area contributed by atoms with E-state index in [2.05, 4.69) is 11.2 Å². The molecule has 2 unspecified atom stereocenters. The fraction of sp³-hybridized carbons (Fsp3) is 0.727. The van der Waals surface area contributed by atoms with Gasteiger partial charge in [-0.2, -0.15) is 0 Å². The smallest absolute Gasteiger partial charge is 0.332 e. The molecule has 0 aromatic rings. The van der Waals surface area contributed by atoms with Gasteiger partial charge in [0.2, 0.25) is 0 Å². The molecule has 1 fully saturated rings. The number of terminal acetylenes is 1. The van der Waals surface area contributed by atoms with Crippen LogP contribution in [0.5, 0.6) is 0 Å². The van der Waals surface area contributed by atoms with Gasteiger partial charge in [0.15, 0.2) is 6.10 Å². The van der Waals surface area contributed by atoms with Gasteiger partial charge in [0.05, 0.1) is 11.9 Å². The van der Waals surface area contributed by atoms with Crippen LogP contribution in [0.4, 0.5) is 0 Å². The van der Waals surface area contributed by atoms with E-state index >= 15 is 0 Å². The highest BCUT2D eigenvalue weighted by Gasteiger charge is 2.29. The van der Waals surface area contributed by atoms with Crippen molar-refractivity contribution in [2.75, 3.05) is 24.6 Å². The minimum Gasteiger partial charge on any atom is -0.479 e. The molecule has 0 bridgehead atoms. The summed E-state index contributed by atoms with van der Waals surface area (Å²) in [5.74, 6) is 3.42. The zero-order valence-electron chi connectivity index (χ0n) is 9.15. The van der Waals surface area contributed by atoms with Crippen LogP contribution in [0.2, 0.25) is 0 Å². The Labute approximate surface area is 100 Å². The Bertz CT molecular complexity index is 264. The van der Waals surface area contributed by atoms with Gasteiger partial charge >= 0.3 is 5.97 Å². The van der Waals surface area contributed by atoms with Crippen molar-refractivity contribution in [3.63, 3.8) is 0 Å². The van der Waals surface area contributed by atoms with Crippen LogP contribution in [-0.2, 0) is 9.53 Å². The van der Waals surface area contributed by atoms with E-state index in [1.54, 1.807) is 11.8 Å². The predicted octanol–water partition coefficient (Wildman–Crippen LogP) is 0.575. The van der Waals surface area contributed by atoms with Crippen molar-refractivity contribution in [2.45, 2.75) is 25.0 Å². The number of thioether (sulfide) groups is 1. The first-order chi connectivity index (χ1) is 7.74. The Hall–Kier alpha value is -0.700.